The second-order valence-corrected chi connectivity index (χ2v) is 4.76. The fraction of sp³-hybridized carbons (Fsp3) is 0.500. The molecule has 0 amide bonds. The molecule has 0 aliphatic heterocycles. The van der Waals surface area contributed by atoms with Gasteiger partial charge in [-0.1, -0.05) is 28.0 Å². The van der Waals surface area contributed by atoms with Crippen molar-refractivity contribution in [2.75, 3.05) is 0 Å². The summed E-state index contributed by atoms with van der Waals surface area (Å²) in [4.78, 5) is 21.0. The lowest BCUT2D eigenvalue weighted by atomic mass is 10.1. The van der Waals surface area contributed by atoms with Crippen LogP contribution in [0.4, 0.5) is 0 Å². The van der Waals surface area contributed by atoms with E-state index in [1.807, 2.05) is 0 Å². The zero-order chi connectivity index (χ0) is 9.28. The van der Waals surface area contributed by atoms with Crippen LogP contribution in [0.3, 0.4) is 0 Å². The first-order chi connectivity index (χ1) is 4.73. The lowest BCUT2D eigenvalue weighted by Gasteiger charge is -2.44. The smallest absolute Gasteiger partial charge is 0.0950 e. The highest BCUT2D eigenvalue weighted by molar-refractivity contribution is 7.50. The quantitative estimate of drug-likeness (QED) is 0.425. The molecule has 0 aromatic carbocycles. The summed E-state index contributed by atoms with van der Waals surface area (Å²) >= 11 is 0. The number of hydrogen-bond acceptors (Lipinski definition) is 4. The maximum Gasteiger partial charge on any atom is 0.0950 e. The Labute approximate surface area is 65.3 Å². The molecule has 0 atom stereocenters. The Hall–Kier alpha value is -0.620. The van der Waals surface area contributed by atoms with E-state index in [4.69, 9.17) is 5.26 Å². The van der Waals surface area contributed by atoms with E-state index in [1.165, 1.54) is 13.8 Å². The molecule has 0 aliphatic carbocycles. The van der Waals surface area contributed by atoms with E-state index in [1.54, 1.807) is 6.07 Å². The third-order valence-electron chi connectivity index (χ3n) is 1.56. The Morgan fingerprint density at radius 3 is 2.09 bits per heavy atom. The summed E-state index contributed by atoms with van der Waals surface area (Å²) in [7, 11) is -4.76. The third kappa shape index (κ3) is 1.90. The Kier molecular flexibility index (Phi) is 2.63. The molecule has 0 aromatic heterocycles. The summed E-state index contributed by atoms with van der Waals surface area (Å²) < 4.78 is 10.5. The molecule has 0 heterocycles. The minimum atomic E-state index is -4.76. The van der Waals surface area contributed by atoms with Crippen LogP contribution in [0.1, 0.15) is 13.8 Å². The van der Waals surface area contributed by atoms with Crippen LogP contribution >= 0.6 is 7.60 Å². The average Bonchev–Trinajstić information content (AvgIpc) is 1.83. The van der Waals surface area contributed by atoms with E-state index in [0.717, 1.165) is 0 Å². The van der Waals surface area contributed by atoms with Gasteiger partial charge in [-0.25, -0.2) is 0 Å². The van der Waals surface area contributed by atoms with Crippen molar-refractivity contribution >= 4 is 7.60 Å². The van der Waals surface area contributed by atoms with Crippen molar-refractivity contribution in [3.8, 4) is 6.07 Å². The Balaban J connectivity index is 4.94. The maximum atomic E-state index is 10.5. The summed E-state index contributed by atoms with van der Waals surface area (Å²) in [5, 5.41) is 6.62. The topological polar surface area (TPSA) is 87.0 Å². The molecule has 0 saturated carbocycles. The third-order valence-corrected chi connectivity index (χ3v) is 3.20. The summed E-state index contributed by atoms with van der Waals surface area (Å²) in [6.07, 6.45) is 0. The first-order valence-electron chi connectivity index (χ1n) is 2.85. The van der Waals surface area contributed by atoms with Gasteiger partial charge in [-0.2, -0.15) is 5.26 Å². The van der Waals surface area contributed by atoms with Gasteiger partial charge in [-0.15, -0.1) is 0 Å². The van der Waals surface area contributed by atoms with Crippen molar-refractivity contribution < 1.29 is 14.4 Å². The van der Waals surface area contributed by atoms with E-state index >= 15 is 0 Å². The van der Waals surface area contributed by atoms with Gasteiger partial charge in [-0.05, 0) is 0 Å². The lowest BCUT2D eigenvalue weighted by molar-refractivity contribution is -0.318. The van der Waals surface area contributed by atoms with Crippen LogP contribution in [0.5, 0.6) is 0 Å². The molecule has 0 bridgehead atoms. The first-order valence-corrected chi connectivity index (χ1v) is 4.39. The van der Waals surface area contributed by atoms with Gasteiger partial charge in [0.2, 0.25) is 0 Å². The van der Waals surface area contributed by atoms with Crippen LogP contribution in [-0.2, 0) is 4.57 Å². The van der Waals surface area contributed by atoms with Crippen LogP contribution in [0.2, 0.25) is 0 Å². The van der Waals surface area contributed by atoms with Gasteiger partial charge >= 0.3 is 0 Å². The van der Waals surface area contributed by atoms with Gasteiger partial charge in [-0.3, -0.25) is 0 Å². The highest BCUT2D eigenvalue weighted by Gasteiger charge is 2.25. The molecule has 0 fully saturated rings. The summed E-state index contributed by atoms with van der Waals surface area (Å²) in [6, 6.07) is 1.55. The number of nitrogens with zero attached hydrogens (tertiary/aromatic N) is 1. The molecular formula is C6H8NO3P-2. The van der Waals surface area contributed by atoms with Crippen LogP contribution in [0, 0.1) is 11.3 Å². The van der Waals surface area contributed by atoms with E-state index in [0.29, 0.717) is 0 Å². The zero-order valence-corrected chi connectivity index (χ0v) is 7.22. The number of rotatable bonds is 2. The SMILES string of the molecule is C=C(C#N)C(C)(C)P(=O)([O-])[O-]. The van der Waals surface area contributed by atoms with E-state index < -0.39 is 12.8 Å². The van der Waals surface area contributed by atoms with E-state index in [-0.39, 0.29) is 5.57 Å². The van der Waals surface area contributed by atoms with Crippen molar-refractivity contribution in [1.82, 2.24) is 0 Å². The van der Waals surface area contributed by atoms with Crippen LogP contribution in [-0.4, -0.2) is 5.16 Å². The van der Waals surface area contributed by atoms with Gasteiger partial charge < -0.3 is 14.4 Å². The fourth-order valence-corrected chi connectivity index (χ4v) is 0.683. The minimum absolute atomic E-state index is 0.231. The van der Waals surface area contributed by atoms with Gasteiger partial charge in [0, 0.05) is 10.7 Å². The molecule has 0 spiro atoms. The van der Waals surface area contributed by atoms with Crippen LogP contribution in [0.25, 0.3) is 0 Å². The van der Waals surface area contributed by atoms with E-state index in [2.05, 4.69) is 6.58 Å². The van der Waals surface area contributed by atoms with Gasteiger partial charge in [0.25, 0.3) is 0 Å². The van der Waals surface area contributed by atoms with Crippen LogP contribution < -0.4 is 9.79 Å². The predicted octanol–water partition coefficient (Wildman–Crippen LogP) is -0.242. The van der Waals surface area contributed by atoms with Crippen molar-refractivity contribution in [1.29, 1.82) is 5.26 Å². The van der Waals surface area contributed by atoms with Crippen molar-refractivity contribution in [2.45, 2.75) is 19.0 Å². The minimum Gasteiger partial charge on any atom is -0.810 e. The van der Waals surface area contributed by atoms with E-state index in [9.17, 15) is 14.4 Å². The molecule has 62 valence electrons. The van der Waals surface area contributed by atoms with Crippen molar-refractivity contribution in [2.24, 2.45) is 0 Å². The normalized spacial score (nSPS) is 12.3. The Morgan fingerprint density at radius 1 is 1.64 bits per heavy atom. The molecule has 0 aromatic rings. The predicted molar refractivity (Wildman–Crippen MR) is 36.4 cm³/mol. The molecule has 5 heteroatoms. The lowest BCUT2D eigenvalue weighted by Crippen LogP contribution is -2.34. The van der Waals surface area contributed by atoms with Crippen molar-refractivity contribution in [3.63, 3.8) is 0 Å². The van der Waals surface area contributed by atoms with Gasteiger partial charge in [0.1, 0.15) is 0 Å². The molecule has 11 heavy (non-hydrogen) atoms. The highest BCUT2D eigenvalue weighted by Crippen LogP contribution is 2.46. The Bertz CT molecular complexity index is 257. The van der Waals surface area contributed by atoms with Gasteiger partial charge in [0.15, 0.2) is 0 Å². The largest absolute Gasteiger partial charge is 0.810 e. The summed E-state index contributed by atoms with van der Waals surface area (Å²) in [5.74, 6) is 0. The van der Waals surface area contributed by atoms with Crippen molar-refractivity contribution in [3.05, 3.63) is 12.2 Å². The molecule has 0 aliphatic rings. The second kappa shape index (κ2) is 2.78. The summed E-state index contributed by atoms with van der Waals surface area (Å²) in [5.41, 5.74) is -0.231. The number of nitriles is 1. The Morgan fingerprint density at radius 2 is 2.00 bits per heavy atom. The standard InChI is InChI=1S/C6H10NO3P/c1-5(4-7)6(2,3)11(8,9)10/h1H2,2-3H3,(H2,8,9,10)/p-2. The number of hydrogen-bond donors (Lipinski definition) is 0. The molecule has 0 saturated heterocycles. The number of allylic oxidation sites excluding steroid dienone is 1. The van der Waals surface area contributed by atoms with Gasteiger partial charge in [0.05, 0.1) is 6.07 Å². The fourth-order valence-electron chi connectivity index (χ4n) is 0.302. The monoisotopic (exact) mass is 173 g/mol. The molecule has 4 nitrogen and oxygen atoms in total. The molecule has 0 N–H and O–H groups in total. The zero-order valence-electron chi connectivity index (χ0n) is 6.33. The summed E-state index contributed by atoms with van der Waals surface area (Å²) in [6.45, 7) is 5.51. The molecular weight excluding hydrogens is 165 g/mol. The average molecular weight is 173 g/mol. The molecule has 0 rings (SSSR count). The maximum absolute atomic E-state index is 10.5. The van der Waals surface area contributed by atoms with Crippen LogP contribution in [0.15, 0.2) is 12.2 Å². The highest BCUT2D eigenvalue weighted by atomic mass is 31.2. The first kappa shape index (κ1) is 10.4. The molecule has 0 radical (unpaired) electrons. The second-order valence-electron chi connectivity index (χ2n) is 2.65. The molecule has 0 unspecified atom stereocenters.